The SMILES string of the molecule is O=C(c1nc2ccc(Cl)cc2[nH]1)N1CCNC2(CC2)C1. The molecule has 2 aliphatic rings. The van der Waals surface area contributed by atoms with Gasteiger partial charge in [-0.1, -0.05) is 11.6 Å². The lowest BCUT2D eigenvalue weighted by molar-refractivity contribution is 0.0680. The summed E-state index contributed by atoms with van der Waals surface area (Å²) in [4.78, 5) is 21.9. The maximum absolute atomic E-state index is 12.5. The Hall–Kier alpha value is -1.59. The van der Waals surface area contributed by atoms with Crippen LogP contribution in [-0.2, 0) is 0 Å². The van der Waals surface area contributed by atoms with Crippen molar-refractivity contribution in [2.24, 2.45) is 0 Å². The van der Waals surface area contributed by atoms with Crippen LogP contribution in [0.2, 0.25) is 5.02 Å². The van der Waals surface area contributed by atoms with Gasteiger partial charge in [-0.15, -0.1) is 0 Å². The third-order valence-electron chi connectivity index (χ3n) is 4.16. The van der Waals surface area contributed by atoms with Crippen LogP contribution in [0.5, 0.6) is 0 Å². The first-order chi connectivity index (χ1) is 9.65. The van der Waals surface area contributed by atoms with E-state index in [0.29, 0.717) is 10.8 Å². The lowest BCUT2D eigenvalue weighted by Crippen LogP contribution is -2.54. The molecule has 1 aromatic heterocycles. The zero-order valence-electron chi connectivity index (χ0n) is 10.9. The minimum absolute atomic E-state index is 0.0231. The summed E-state index contributed by atoms with van der Waals surface area (Å²) in [7, 11) is 0. The topological polar surface area (TPSA) is 61.0 Å². The molecule has 2 fully saturated rings. The fourth-order valence-electron chi connectivity index (χ4n) is 2.85. The van der Waals surface area contributed by atoms with Crippen LogP contribution in [0, 0.1) is 0 Å². The number of amides is 1. The van der Waals surface area contributed by atoms with Gasteiger partial charge in [0, 0.05) is 30.2 Å². The largest absolute Gasteiger partial charge is 0.334 e. The fraction of sp³-hybridized carbons (Fsp3) is 0.429. The molecule has 1 saturated heterocycles. The van der Waals surface area contributed by atoms with E-state index in [1.807, 2.05) is 11.0 Å². The molecule has 1 aromatic carbocycles. The minimum Gasteiger partial charge on any atom is -0.334 e. The number of fused-ring (bicyclic) bond motifs is 1. The van der Waals surface area contributed by atoms with Crippen molar-refractivity contribution in [1.29, 1.82) is 0 Å². The fourth-order valence-corrected chi connectivity index (χ4v) is 3.02. The number of benzene rings is 1. The van der Waals surface area contributed by atoms with E-state index in [0.717, 1.165) is 43.5 Å². The van der Waals surface area contributed by atoms with Gasteiger partial charge in [-0.2, -0.15) is 0 Å². The van der Waals surface area contributed by atoms with Crippen LogP contribution in [-0.4, -0.2) is 45.9 Å². The second-order valence-corrected chi connectivity index (χ2v) is 6.12. The smallest absolute Gasteiger partial charge is 0.289 e. The zero-order valence-corrected chi connectivity index (χ0v) is 11.7. The molecule has 1 aliphatic heterocycles. The maximum Gasteiger partial charge on any atom is 0.289 e. The van der Waals surface area contributed by atoms with Crippen LogP contribution in [0.1, 0.15) is 23.5 Å². The summed E-state index contributed by atoms with van der Waals surface area (Å²) in [5.74, 6) is 0.380. The lowest BCUT2D eigenvalue weighted by Gasteiger charge is -2.33. The Morgan fingerprint density at radius 3 is 3.05 bits per heavy atom. The van der Waals surface area contributed by atoms with Gasteiger partial charge in [-0.05, 0) is 31.0 Å². The molecule has 1 aliphatic carbocycles. The van der Waals surface area contributed by atoms with Crippen LogP contribution >= 0.6 is 11.6 Å². The standard InChI is InChI=1S/C14H15ClN4O/c15-9-1-2-10-11(7-9)18-12(17-10)13(20)19-6-5-16-14(8-19)3-4-14/h1-2,7,16H,3-6,8H2,(H,17,18). The van der Waals surface area contributed by atoms with E-state index in [1.54, 1.807) is 12.1 Å². The highest BCUT2D eigenvalue weighted by Crippen LogP contribution is 2.37. The molecule has 1 spiro atoms. The molecule has 0 atom stereocenters. The quantitative estimate of drug-likeness (QED) is 0.842. The van der Waals surface area contributed by atoms with Crippen LogP contribution in [0.4, 0.5) is 0 Å². The number of carbonyl (C=O) groups excluding carboxylic acids is 1. The normalized spacial score (nSPS) is 20.6. The molecule has 1 amide bonds. The number of aromatic nitrogens is 2. The number of nitrogens with zero attached hydrogens (tertiary/aromatic N) is 2. The minimum atomic E-state index is -0.0231. The van der Waals surface area contributed by atoms with Crippen molar-refractivity contribution in [3.05, 3.63) is 29.0 Å². The first-order valence-electron chi connectivity index (χ1n) is 6.85. The molecular formula is C14H15ClN4O. The molecule has 0 bridgehead atoms. The second kappa shape index (κ2) is 4.20. The summed E-state index contributed by atoms with van der Waals surface area (Å²) in [5.41, 5.74) is 1.76. The highest BCUT2D eigenvalue weighted by Gasteiger charge is 2.46. The van der Waals surface area contributed by atoms with Gasteiger partial charge in [0.2, 0.25) is 0 Å². The van der Waals surface area contributed by atoms with Gasteiger partial charge < -0.3 is 15.2 Å². The van der Waals surface area contributed by atoms with Gasteiger partial charge in [-0.25, -0.2) is 4.98 Å². The zero-order chi connectivity index (χ0) is 13.7. The molecule has 0 radical (unpaired) electrons. The number of rotatable bonds is 1. The number of hydrogen-bond acceptors (Lipinski definition) is 3. The average Bonchev–Trinajstić information content (AvgIpc) is 3.04. The Morgan fingerprint density at radius 1 is 1.40 bits per heavy atom. The van der Waals surface area contributed by atoms with E-state index in [9.17, 15) is 4.79 Å². The van der Waals surface area contributed by atoms with Crippen LogP contribution in [0.25, 0.3) is 11.0 Å². The number of H-pyrrole nitrogens is 1. The van der Waals surface area contributed by atoms with E-state index in [1.165, 1.54) is 0 Å². The Bertz CT molecular complexity index is 692. The van der Waals surface area contributed by atoms with Gasteiger partial charge in [0.25, 0.3) is 5.91 Å². The summed E-state index contributed by atoms with van der Waals surface area (Å²) in [6, 6.07) is 5.40. The van der Waals surface area contributed by atoms with E-state index >= 15 is 0 Å². The molecule has 5 nitrogen and oxygen atoms in total. The predicted octanol–water partition coefficient (Wildman–Crippen LogP) is 1.79. The number of carbonyl (C=O) groups is 1. The van der Waals surface area contributed by atoms with Crippen molar-refractivity contribution in [2.45, 2.75) is 18.4 Å². The first-order valence-corrected chi connectivity index (χ1v) is 7.23. The molecule has 0 unspecified atom stereocenters. The molecule has 2 heterocycles. The van der Waals surface area contributed by atoms with E-state index in [2.05, 4.69) is 15.3 Å². The number of halogens is 1. The van der Waals surface area contributed by atoms with Crippen molar-refractivity contribution >= 4 is 28.5 Å². The van der Waals surface area contributed by atoms with Gasteiger partial charge >= 0.3 is 0 Å². The molecule has 1 saturated carbocycles. The highest BCUT2D eigenvalue weighted by atomic mass is 35.5. The summed E-state index contributed by atoms with van der Waals surface area (Å²) in [6.07, 6.45) is 2.32. The van der Waals surface area contributed by atoms with Crippen molar-refractivity contribution in [1.82, 2.24) is 20.2 Å². The Balaban J connectivity index is 1.62. The monoisotopic (exact) mass is 290 g/mol. The first kappa shape index (κ1) is 12.2. The Labute approximate surface area is 121 Å². The van der Waals surface area contributed by atoms with Gasteiger partial charge in [0.15, 0.2) is 5.82 Å². The van der Waals surface area contributed by atoms with Crippen LogP contribution in [0.15, 0.2) is 18.2 Å². The third-order valence-corrected chi connectivity index (χ3v) is 4.40. The number of nitrogens with one attached hydrogen (secondary N) is 2. The van der Waals surface area contributed by atoms with E-state index in [-0.39, 0.29) is 11.4 Å². The lowest BCUT2D eigenvalue weighted by atomic mass is 10.2. The second-order valence-electron chi connectivity index (χ2n) is 5.68. The van der Waals surface area contributed by atoms with Crippen molar-refractivity contribution in [2.75, 3.05) is 19.6 Å². The average molecular weight is 291 g/mol. The molecule has 104 valence electrons. The van der Waals surface area contributed by atoms with Gasteiger partial charge in [0.05, 0.1) is 11.0 Å². The van der Waals surface area contributed by atoms with Crippen molar-refractivity contribution in [3.8, 4) is 0 Å². The number of imidazole rings is 1. The molecule has 2 aromatic rings. The Morgan fingerprint density at radius 2 is 2.25 bits per heavy atom. The van der Waals surface area contributed by atoms with E-state index < -0.39 is 0 Å². The molecule has 2 N–H and O–H groups in total. The summed E-state index contributed by atoms with van der Waals surface area (Å²) in [6.45, 7) is 2.37. The number of piperazine rings is 1. The number of aromatic amines is 1. The van der Waals surface area contributed by atoms with Crippen molar-refractivity contribution < 1.29 is 4.79 Å². The molecular weight excluding hydrogens is 276 g/mol. The number of hydrogen-bond donors (Lipinski definition) is 2. The Kier molecular flexibility index (Phi) is 2.56. The highest BCUT2D eigenvalue weighted by molar-refractivity contribution is 6.31. The maximum atomic E-state index is 12.5. The summed E-state index contributed by atoms with van der Waals surface area (Å²) < 4.78 is 0. The van der Waals surface area contributed by atoms with Gasteiger partial charge in [-0.3, -0.25) is 4.79 Å². The molecule has 6 heteroatoms. The molecule has 4 rings (SSSR count). The third kappa shape index (κ3) is 1.98. The van der Waals surface area contributed by atoms with E-state index in [4.69, 9.17) is 11.6 Å². The van der Waals surface area contributed by atoms with Crippen LogP contribution < -0.4 is 5.32 Å². The van der Waals surface area contributed by atoms with Crippen molar-refractivity contribution in [3.63, 3.8) is 0 Å². The predicted molar refractivity (Wildman–Crippen MR) is 77.0 cm³/mol. The molecule has 20 heavy (non-hydrogen) atoms. The van der Waals surface area contributed by atoms with Crippen LogP contribution in [0.3, 0.4) is 0 Å². The summed E-state index contributed by atoms with van der Waals surface area (Å²) >= 11 is 5.95. The van der Waals surface area contributed by atoms with Gasteiger partial charge in [0.1, 0.15) is 0 Å². The summed E-state index contributed by atoms with van der Waals surface area (Å²) in [5, 5.41) is 4.14.